The lowest BCUT2D eigenvalue weighted by Gasteiger charge is -2.07. The van der Waals surface area contributed by atoms with E-state index in [1.54, 1.807) is 23.6 Å². The lowest BCUT2D eigenvalue weighted by atomic mass is 10.2. The average molecular weight is 378 g/mol. The van der Waals surface area contributed by atoms with Gasteiger partial charge in [0.2, 0.25) is 6.79 Å². The normalized spacial score (nSPS) is 12.6. The molecule has 0 radical (unpaired) electrons. The lowest BCUT2D eigenvalue weighted by Crippen LogP contribution is -2.25. The van der Waals surface area contributed by atoms with Crippen molar-refractivity contribution < 1.29 is 14.3 Å². The number of pyridine rings is 1. The van der Waals surface area contributed by atoms with Gasteiger partial charge in [0.1, 0.15) is 5.69 Å². The summed E-state index contributed by atoms with van der Waals surface area (Å²) in [5.41, 5.74) is 2.38. The zero-order valence-corrected chi connectivity index (χ0v) is 14.7. The molecule has 1 aromatic carbocycles. The van der Waals surface area contributed by atoms with Crippen molar-refractivity contribution in [3.8, 4) is 11.5 Å². The third-order valence-corrected chi connectivity index (χ3v) is 4.41. The number of fused-ring (bicyclic) bond motifs is 2. The number of hydrogen-bond donors (Lipinski definition) is 1. The summed E-state index contributed by atoms with van der Waals surface area (Å²) in [5.74, 6) is 1.12. The largest absolute Gasteiger partial charge is 0.454 e. The highest BCUT2D eigenvalue weighted by molar-refractivity contribution is 6.36. The molecule has 8 heteroatoms. The van der Waals surface area contributed by atoms with Crippen LogP contribution in [0.4, 0.5) is 0 Å². The van der Waals surface area contributed by atoms with Crippen LogP contribution in [0.15, 0.2) is 30.5 Å². The molecule has 128 valence electrons. The van der Waals surface area contributed by atoms with Crippen molar-refractivity contribution in [1.29, 1.82) is 0 Å². The summed E-state index contributed by atoms with van der Waals surface area (Å²) < 4.78 is 12.2. The van der Waals surface area contributed by atoms with Crippen LogP contribution in [0.2, 0.25) is 10.0 Å². The van der Waals surface area contributed by atoms with Gasteiger partial charge in [0.15, 0.2) is 17.1 Å². The minimum Gasteiger partial charge on any atom is -0.454 e. The van der Waals surface area contributed by atoms with Gasteiger partial charge in [-0.15, -0.1) is 0 Å². The van der Waals surface area contributed by atoms with Crippen LogP contribution < -0.4 is 14.8 Å². The maximum Gasteiger partial charge on any atom is 0.270 e. The Labute approximate surface area is 153 Å². The third-order valence-electron chi connectivity index (χ3n) is 3.92. The fourth-order valence-corrected chi connectivity index (χ4v) is 3.29. The molecule has 4 rings (SSSR count). The van der Waals surface area contributed by atoms with Crippen LogP contribution in [0.5, 0.6) is 11.5 Å². The first-order valence-electron chi connectivity index (χ1n) is 7.53. The van der Waals surface area contributed by atoms with Crippen molar-refractivity contribution >= 4 is 34.8 Å². The highest BCUT2D eigenvalue weighted by atomic mass is 35.5. The van der Waals surface area contributed by atoms with E-state index in [0.717, 1.165) is 5.56 Å². The fraction of sp³-hybridized carbons (Fsp3) is 0.176. The second-order valence-corrected chi connectivity index (χ2v) is 6.46. The van der Waals surface area contributed by atoms with Crippen molar-refractivity contribution in [2.24, 2.45) is 0 Å². The number of imidazole rings is 1. The molecule has 1 amide bonds. The number of carbonyl (C=O) groups is 1. The van der Waals surface area contributed by atoms with Crippen molar-refractivity contribution in [1.82, 2.24) is 14.7 Å². The average Bonchev–Trinajstić information content (AvgIpc) is 3.16. The lowest BCUT2D eigenvalue weighted by molar-refractivity contribution is 0.0944. The first kappa shape index (κ1) is 16.1. The molecular formula is C17H13Cl2N3O3. The van der Waals surface area contributed by atoms with Crippen LogP contribution in [0.1, 0.15) is 21.7 Å². The minimum absolute atomic E-state index is 0.216. The van der Waals surface area contributed by atoms with Gasteiger partial charge in [-0.25, -0.2) is 4.98 Å². The summed E-state index contributed by atoms with van der Waals surface area (Å²) in [5, 5.41) is 3.71. The zero-order valence-electron chi connectivity index (χ0n) is 13.2. The van der Waals surface area contributed by atoms with E-state index in [1.807, 2.05) is 18.2 Å². The highest BCUT2D eigenvalue weighted by Gasteiger charge is 2.19. The number of benzene rings is 1. The van der Waals surface area contributed by atoms with Gasteiger partial charge in [0.25, 0.3) is 5.91 Å². The van der Waals surface area contributed by atoms with Crippen LogP contribution in [0.25, 0.3) is 5.65 Å². The summed E-state index contributed by atoms with van der Waals surface area (Å²) >= 11 is 12.2. The van der Waals surface area contributed by atoms with E-state index in [0.29, 0.717) is 45.1 Å². The molecule has 0 saturated carbocycles. The van der Waals surface area contributed by atoms with Crippen LogP contribution in [-0.2, 0) is 6.54 Å². The number of nitrogens with one attached hydrogen (secondary N) is 1. The molecule has 2 aromatic heterocycles. The number of hydrogen-bond acceptors (Lipinski definition) is 4. The molecule has 6 nitrogen and oxygen atoms in total. The predicted octanol–water partition coefficient (Wildman–Crippen LogP) is 3.61. The summed E-state index contributed by atoms with van der Waals surface area (Å²) in [6.07, 6.45) is 1.62. The summed E-state index contributed by atoms with van der Waals surface area (Å²) in [6.45, 7) is 2.32. The number of aromatic nitrogens is 2. The quantitative estimate of drug-likeness (QED) is 0.756. The predicted molar refractivity (Wildman–Crippen MR) is 93.7 cm³/mol. The number of halogens is 2. The summed E-state index contributed by atoms with van der Waals surface area (Å²) in [6, 6.07) is 7.14. The summed E-state index contributed by atoms with van der Waals surface area (Å²) in [4.78, 5) is 17.0. The maximum atomic E-state index is 12.7. The van der Waals surface area contributed by atoms with Crippen molar-refractivity contribution in [2.45, 2.75) is 13.5 Å². The van der Waals surface area contributed by atoms with Gasteiger partial charge < -0.3 is 14.8 Å². The van der Waals surface area contributed by atoms with Crippen LogP contribution in [0, 0.1) is 6.92 Å². The van der Waals surface area contributed by atoms with Crippen molar-refractivity contribution in [2.75, 3.05) is 6.79 Å². The Morgan fingerprint density at radius 2 is 2.08 bits per heavy atom. The number of rotatable bonds is 3. The zero-order chi connectivity index (χ0) is 17.6. The van der Waals surface area contributed by atoms with E-state index < -0.39 is 0 Å². The molecule has 25 heavy (non-hydrogen) atoms. The maximum absolute atomic E-state index is 12.7. The van der Waals surface area contributed by atoms with Crippen LogP contribution in [-0.4, -0.2) is 22.1 Å². The molecular weight excluding hydrogens is 365 g/mol. The number of aryl methyl sites for hydroxylation is 1. The Bertz CT molecular complexity index is 1000. The second-order valence-electron chi connectivity index (χ2n) is 5.62. The molecule has 0 spiro atoms. The first-order chi connectivity index (χ1) is 12.0. The van der Waals surface area contributed by atoms with Gasteiger partial charge in [-0.3, -0.25) is 9.20 Å². The van der Waals surface area contributed by atoms with Gasteiger partial charge >= 0.3 is 0 Å². The van der Waals surface area contributed by atoms with Gasteiger partial charge in [-0.05, 0) is 30.7 Å². The SMILES string of the molecule is Cc1nc2c(Cl)cc(Cl)cn2c1C(=O)NCc1ccc2c(c1)OCO2. The first-order valence-corrected chi connectivity index (χ1v) is 8.29. The number of ether oxygens (including phenoxy) is 2. The van der Waals surface area contributed by atoms with Crippen molar-refractivity contribution in [3.05, 3.63) is 57.5 Å². The van der Waals surface area contributed by atoms with E-state index in [4.69, 9.17) is 32.7 Å². The molecule has 0 aliphatic carbocycles. The standard InChI is InChI=1S/C17H13Cl2N3O3/c1-9-15(22-7-11(18)5-12(19)16(22)21-9)17(23)20-6-10-2-3-13-14(4-10)25-8-24-13/h2-5,7H,6,8H2,1H3,(H,20,23). The molecule has 0 atom stereocenters. The summed E-state index contributed by atoms with van der Waals surface area (Å²) in [7, 11) is 0. The molecule has 1 N–H and O–H groups in total. The Morgan fingerprint density at radius 3 is 2.92 bits per heavy atom. The van der Waals surface area contributed by atoms with E-state index in [-0.39, 0.29) is 12.7 Å². The van der Waals surface area contributed by atoms with Crippen LogP contribution >= 0.6 is 23.2 Å². The Balaban J connectivity index is 1.59. The van der Waals surface area contributed by atoms with Gasteiger partial charge in [0.05, 0.1) is 15.7 Å². The molecule has 1 aliphatic rings. The topological polar surface area (TPSA) is 64.9 Å². The molecule has 0 unspecified atom stereocenters. The van der Waals surface area contributed by atoms with Gasteiger partial charge in [-0.1, -0.05) is 29.3 Å². The molecule has 0 fully saturated rings. The van der Waals surface area contributed by atoms with E-state index in [1.165, 1.54) is 0 Å². The van der Waals surface area contributed by atoms with E-state index in [9.17, 15) is 4.79 Å². The van der Waals surface area contributed by atoms with E-state index >= 15 is 0 Å². The monoisotopic (exact) mass is 377 g/mol. The number of carbonyl (C=O) groups excluding carboxylic acids is 1. The molecule has 3 heterocycles. The molecule has 1 aliphatic heterocycles. The minimum atomic E-state index is -0.263. The van der Waals surface area contributed by atoms with Crippen LogP contribution in [0.3, 0.4) is 0 Å². The van der Waals surface area contributed by atoms with Crippen molar-refractivity contribution in [3.63, 3.8) is 0 Å². The van der Waals surface area contributed by atoms with E-state index in [2.05, 4.69) is 10.3 Å². The Hall–Kier alpha value is -2.44. The van der Waals surface area contributed by atoms with Gasteiger partial charge in [-0.2, -0.15) is 0 Å². The smallest absolute Gasteiger partial charge is 0.270 e. The second kappa shape index (κ2) is 6.13. The molecule has 0 saturated heterocycles. The Morgan fingerprint density at radius 1 is 1.28 bits per heavy atom. The number of nitrogens with zero attached hydrogens (tertiary/aromatic N) is 2. The third kappa shape index (κ3) is 2.88. The van der Waals surface area contributed by atoms with Gasteiger partial charge in [0, 0.05) is 12.7 Å². The highest BCUT2D eigenvalue weighted by Crippen LogP contribution is 2.32. The molecule has 3 aromatic rings. The molecule has 0 bridgehead atoms. The number of amides is 1. The Kier molecular flexibility index (Phi) is 3.94. The fourth-order valence-electron chi connectivity index (χ4n) is 2.78.